The monoisotopic (exact) mass is 419 g/mol. The second-order valence-corrected chi connectivity index (χ2v) is 8.27. The lowest BCUT2D eigenvalue weighted by molar-refractivity contribution is -0.530. The van der Waals surface area contributed by atoms with Gasteiger partial charge in [-0.15, -0.1) is 11.8 Å². The summed E-state index contributed by atoms with van der Waals surface area (Å²) in [5.74, 6) is 3.98. The van der Waals surface area contributed by atoms with E-state index in [1.54, 1.807) is 7.11 Å². The van der Waals surface area contributed by atoms with Gasteiger partial charge in [0, 0.05) is 15.8 Å². The summed E-state index contributed by atoms with van der Waals surface area (Å²) in [5, 5.41) is 11.7. The van der Waals surface area contributed by atoms with Crippen LogP contribution in [0.3, 0.4) is 0 Å². The zero-order valence-electron chi connectivity index (χ0n) is 14.0. The van der Waals surface area contributed by atoms with E-state index in [1.807, 2.05) is 60.3 Å². The third kappa shape index (κ3) is 2.96. The summed E-state index contributed by atoms with van der Waals surface area (Å²) in [4.78, 5) is 2.09. The van der Waals surface area contributed by atoms with Crippen molar-refractivity contribution in [3.63, 3.8) is 0 Å². The first-order chi connectivity index (χ1) is 12.1. The number of benzene rings is 2. The molecule has 0 aliphatic carbocycles. The number of halogens is 1. The number of ether oxygens (including phenoxy) is 1. The summed E-state index contributed by atoms with van der Waals surface area (Å²) in [7, 11) is 1.65. The molecule has 2 aromatic rings. The molecule has 0 bridgehead atoms. The number of rotatable bonds is 3. The van der Waals surface area contributed by atoms with Crippen molar-refractivity contribution in [2.45, 2.75) is 5.72 Å². The van der Waals surface area contributed by atoms with Crippen LogP contribution in [0.15, 0.2) is 53.0 Å². The van der Waals surface area contributed by atoms with Crippen LogP contribution in [0.2, 0.25) is 0 Å². The quantitative estimate of drug-likeness (QED) is 0.774. The Morgan fingerprint density at radius 3 is 2.56 bits per heavy atom. The highest BCUT2D eigenvalue weighted by Gasteiger charge is 2.54. The average molecular weight is 420 g/mol. The summed E-state index contributed by atoms with van der Waals surface area (Å²) in [6.45, 7) is 1.54. The lowest BCUT2D eigenvalue weighted by Gasteiger charge is -2.29. The van der Waals surface area contributed by atoms with E-state index in [-0.39, 0.29) is 0 Å². The summed E-state index contributed by atoms with van der Waals surface area (Å²) in [5.41, 5.74) is 0.796. The number of hydrogen-bond acceptors (Lipinski definition) is 4. The topological polar surface area (TPSA) is 35.7 Å². The van der Waals surface area contributed by atoms with E-state index in [0.717, 1.165) is 39.5 Å². The first-order valence-corrected chi connectivity index (χ1v) is 10.2. The summed E-state index contributed by atoms with van der Waals surface area (Å²) >= 11 is 5.41. The second kappa shape index (κ2) is 6.67. The van der Waals surface area contributed by atoms with E-state index in [1.165, 1.54) is 5.84 Å². The van der Waals surface area contributed by atoms with E-state index in [9.17, 15) is 5.11 Å². The molecule has 0 aromatic heterocycles. The zero-order valence-corrected chi connectivity index (χ0v) is 16.4. The van der Waals surface area contributed by atoms with Crippen molar-refractivity contribution in [3.8, 4) is 5.75 Å². The van der Waals surface area contributed by atoms with Crippen molar-refractivity contribution in [2.75, 3.05) is 36.6 Å². The number of thioether (sulfide) groups is 1. The predicted molar refractivity (Wildman–Crippen MR) is 106 cm³/mol. The van der Waals surface area contributed by atoms with Crippen molar-refractivity contribution >= 4 is 39.2 Å². The molecule has 0 fully saturated rings. The second-order valence-electron chi connectivity index (χ2n) is 6.25. The average Bonchev–Trinajstić information content (AvgIpc) is 2.96. The van der Waals surface area contributed by atoms with Gasteiger partial charge >= 0.3 is 0 Å². The van der Waals surface area contributed by atoms with Crippen LogP contribution in [0.4, 0.5) is 5.69 Å². The van der Waals surface area contributed by atoms with E-state index >= 15 is 0 Å². The molecule has 130 valence electrons. The van der Waals surface area contributed by atoms with Gasteiger partial charge in [-0.25, -0.2) is 0 Å². The molecule has 1 unspecified atom stereocenters. The molecule has 0 saturated carbocycles. The molecule has 6 heteroatoms. The molecule has 25 heavy (non-hydrogen) atoms. The minimum atomic E-state index is -1.08. The molecule has 0 amide bonds. The van der Waals surface area contributed by atoms with Gasteiger partial charge in [-0.2, -0.15) is 4.90 Å². The van der Waals surface area contributed by atoms with Crippen molar-refractivity contribution < 1.29 is 14.4 Å². The van der Waals surface area contributed by atoms with Crippen LogP contribution in [0.1, 0.15) is 5.56 Å². The number of methoxy groups -OCH3 is 1. The first kappa shape index (κ1) is 16.9. The highest BCUT2D eigenvalue weighted by molar-refractivity contribution is 9.10. The summed E-state index contributed by atoms with van der Waals surface area (Å²) in [6, 6.07) is 15.9. The summed E-state index contributed by atoms with van der Waals surface area (Å²) in [6.07, 6.45) is 0. The van der Waals surface area contributed by atoms with Crippen LogP contribution in [0.5, 0.6) is 5.75 Å². The standard InChI is InChI=1S/C19H20BrN2O2S/c1-24-17-8-2-14(3-9-17)19(23)13-21-10-11-25-12-18(21)22(19)16-6-4-15(20)5-7-16/h2-9,23H,10-13H2,1H3/q+1. The van der Waals surface area contributed by atoms with Crippen LogP contribution < -0.4 is 9.64 Å². The fraction of sp³-hybridized carbons (Fsp3) is 0.316. The molecular formula is C19H20BrN2O2S+. The molecule has 0 radical (unpaired) electrons. The van der Waals surface area contributed by atoms with Crippen molar-refractivity contribution in [2.24, 2.45) is 0 Å². The molecule has 4 nitrogen and oxygen atoms in total. The molecule has 0 spiro atoms. The van der Waals surface area contributed by atoms with Crippen LogP contribution in [-0.2, 0) is 5.72 Å². The van der Waals surface area contributed by atoms with Gasteiger partial charge in [-0.05, 0) is 48.5 Å². The number of anilines is 1. The molecule has 1 atom stereocenters. The van der Waals surface area contributed by atoms with Crippen LogP contribution in [-0.4, -0.2) is 47.2 Å². The van der Waals surface area contributed by atoms with E-state index < -0.39 is 5.72 Å². The Balaban J connectivity index is 1.80. The van der Waals surface area contributed by atoms with Gasteiger partial charge in [0.05, 0.1) is 19.4 Å². The highest BCUT2D eigenvalue weighted by Crippen LogP contribution is 2.38. The lowest BCUT2D eigenvalue weighted by Crippen LogP contribution is -2.48. The predicted octanol–water partition coefficient (Wildman–Crippen LogP) is 3.28. The maximum Gasteiger partial charge on any atom is 0.275 e. The molecule has 2 aliphatic heterocycles. The van der Waals surface area contributed by atoms with Crippen LogP contribution >= 0.6 is 27.7 Å². The normalized spacial score (nSPS) is 22.9. The molecule has 2 aromatic carbocycles. The van der Waals surface area contributed by atoms with E-state index in [2.05, 4.69) is 25.4 Å². The largest absolute Gasteiger partial charge is 0.497 e. The number of aliphatic hydroxyl groups is 1. The third-order valence-electron chi connectivity index (χ3n) is 4.78. The van der Waals surface area contributed by atoms with Gasteiger partial charge < -0.3 is 9.84 Å². The van der Waals surface area contributed by atoms with Gasteiger partial charge in [0.1, 0.15) is 11.4 Å². The number of amidine groups is 1. The molecule has 0 saturated heterocycles. The van der Waals surface area contributed by atoms with Crippen molar-refractivity contribution in [3.05, 3.63) is 58.6 Å². The van der Waals surface area contributed by atoms with E-state index in [4.69, 9.17) is 4.74 Å². The maximum absolute atomic E-state index is 11.7. The SMILES string of the molecule is COc1ccc(C2(O)C[N+]3=C(CSCC3)N2c2ccc(Br)cc2)cc1. The zero-order chi connectivity index (χ0) is 17.4. The fourth-order valence-electron chi connectivity index (χ4n) is 3.52. The Morgan fingerprint density at radius 2 is 1.88 bits per heavy atom. The fourth-order valence-corrected chi connectivity index (χ4v) is 4.77. The molecular weight excluding hydrogens is 400 g/mol. The number of nitrogens with zero attached hydrogens (tertiary/aromatic N) is 2. The number of hydrogen-bond donors (Lipinski definition) is 1. The van der Waals surface area contributed by atoms with Gasteiger partial charge in [0.15, 0.2) is 6.54 Å². The Hall–Kier alpha value is -1.50. The van der Waals surface area contributed by atoms with Gasteiger partial charge in [0.25, 0.3) is 11.6 Å². The Labute approximate surface area is 160 Å². The van der Waals surface area contributed by atoms with Gasteiger partial charge in [0.2, 0.25) is 0 Å². The maximum atomic E-state index is 11.7. The van der Waals surface area contributed by atoms with Gasteiger partial charge in [-0.1, -0.05) is 15.9 Å². The smallest absolute Gasteiger partial charge is 0.275 e. The highest BCUT2D eigenvalue weighted by atomic mass is 79.9. The Morgan fingerprint density at radius 1 is 1.16 bits per heavy atom. The van der Waals surface area contributed by atoms with Crippen molar-refractivity contribution in [1.82, 2.24) is 0 Å². The first-order valence-electron chi connectivity index (χ1n) is 8.23. The van der Waals surface area contributed by atoms with Crippen LogP contribution in [0.25, 0.3) is 0 Å². The summed E-state index contributed by atoms with van der Waals surface area (Å²) < 4.78 is 8.60. The Kier molecular flexibility index (Phi) is 4.52. The third-order valence-corrected chi connectivity index (χ3v) is 6.24. The molecule has 2 aliphatic rings. The molecule has 2 heterocycles. The minimum absolute atomic E-state index is 0.575. The van der Waals surface area contributed by atoms with Crippen molar-refractivity contribution in [1.29, 1.82) is 0 Å². The molecule has 1 N–H and O–H groups in total. The van der Waals surface area contributed by atoms with E-state index in [0.29, 0.717) is 6.54 Å². The Bertz CT molecular complexity index is 807. The molecule has 4 rings (SSSR count). The lowest BCUT2D eigenvalue weighted by atomic mass is 10.0. The van der Waals surface area contributed by atoms with Gasteiger partial charge in [-0.3, -0.25) is 4.58 Å². The van der Waals surface area contributed by atoms with Crippen LogP contribution in [0, 0.1) is 0 Å². The minimum Gasteiger partial charge on any atom is -0.497 e.